The summed E-state index contributed by atoms with van der Waals surface area (Å²) < 4.78 is 0. The van der Waals surface area contributed by atoms with E-state index in [-0.39, 0.29) is 22.9 Å². The van der Waals surface area contributed by atoms with Crippen molar-refractivity contribution in [3.8, 4) is 34.0 Å². The fourth-order valence-electron chi connectivity index (χ4n) is 2.04. The maximum absolute atomic E-state index is 11.5. The van der Waals surface area contributed by atoms with Crippen LogP contribution in [0.2, 0.25) is 0 Å². The Hall–Kier alpha value is -3.16. The molecule has 0 atom stereocenters. The van der Waals surface area contributed by atoms with Crippen molar-refractivity contribution in [2.45, 2.75) is 0 Å². The van der Waals surface area contributed by atoms with Gasteiger partial charge in [-0.2, -0.15) is 0 Å². The van der Waals surface area contributed by atoms with E-state index in [1.165, 1.54) is 0 Å². The van der Waals surface area contributed by atoms with Gasteiger partial charge in [0.1, 0.15) is 11.1 Å². The second-order valence-electron chi connectivity index (χ2n) is 4.18. The van der Waals surface area contributed by atoms with Crippen LogP contribution in [0.3, 0.4) is 0 Å². The van der Waals surface area contributed by atoms with E-state index in [0.717, 1.165) is 0 Å². The SMILES string of the molecule is O=c1[nH][nH]c(O)c1-c1ccc(-c2c(O)[nH][nH]c2=O)cc1. The van der Waals surface area contributed by atoms with Gasteiger partial charge in [0, 0.05) is 0 Å². The first-order valence-electron chi connectivity index (χ1n) is 5.68. The molecule has 20 heavy (non-hydrogen) atoms. The summed E-state index contributed by atoms with van der Waals surface area (Å²) in [5.74, 6) is -0.518. The molecule has 3 rings (SSSR count). The molecule has 6 N–H and O–H groups in total. The lowest BCUT2D eigenvalue weighted by molar-refractivity contribution is 0.453. The summed E-state index contributed by atoms with van der Waals surface area (Å²) >= 11 is 0. The number of benzene rings is 1. The molecule has 102 valence electrons. The van der Waals surface area contributed by atoms with E-state index in [1.54, 1.807) is 24.3 Å². The van der Waals surface area contributed by atoms with Crippen molar-refractivity contribution >= 4 is 0 Å². The molecule has 8 nitrogen and oxygen atoms in total. The molecule has 0 saturated carbocycles. The van der Waals surface area contributed by atoms with Crippen LogP contribution in [0.25, 0.3) is 22.3 Å². The Bertz CT molecular complexity index is 793. The average molecular weight is 274 g/mol. The number of H-pyrrole nitrogens is 4. The van der Waals surface area contributed by atoms with Gasteiger partial charge in [0.15, 0.2) is 0 Å². The van der Waals surface area contributed by atoms with Crippen molar-refractivity contribution in [1.29, 1.82) is 0 Å². The predicted octanol–water partition coefficient (Wildman–Crippen LogP) is 0.465. The number of aromatic nitrogens is 4. The molecule has 0 amide bonds. The van der Waals surface area contributed by atoms with Crippen molar-refractivity contribution in [2.24, 2.45) is 0 Å². The van der Waals surface area contributed by atoms with Crippen molar-refractivity contribution in [3.63, 3.8) is 0 Å². The van der Waals surface area contributed by atoms with E-state index in [4.69, 9.17) is 0 Å². The van der Waals surface area contributed by atoms with Gasteiger partial charge in [-0.05, 0) is 11.1 Å². The normalized spacial score (nSPS) is 10.8. The molecule has 0 aliphatic carbocycles. The Morgan fingerprint density at radius 3 is 1.25 bits per heavy atom. The quantitative estimate of drug-likeness (QED) is 0.404. The largest absolute Gasteiger partial charge is 0.493 e. The third-order valence-corrected chi connectivity index (χ3v) is 2.98. The van der Waals surface area contributed by atoms with Gasteiger partial charge >= 0.3 is 0 Å². The fourth-order valence-corrected chi connectivity index (χ4v) is 2.04. The highest BCUT2D eigenvalue weighted by Gasteiger charge is 2.14. The van der Waals surface area contributed by atoms with Gasteiger partial charge in [-0.15, -0.1) is 0 Å². The van der Waals surface area contributed by atoms with Gasteiger partial charge in [0.25, 0.3) is 11.1 Å². The Morgan fingerprint density at radius 1 is 0.650 bits per heavy atom. The standard InChI is InChI=1S/C12H10N4O4/c17-9-7(10(18)14-13-9)5-1-2-6(4-3-5)8-11(19)15-16-12(8)20/h1-4H,(H3,13,14,17,18)(H3,15,16,19,20). The third-order valence-electron chi connectivity index (χ3n) is 2.98. The summed E-state index contributed by atoms with van der Waals surface area (Å²) in [5, 5.41) is 28.2. The van der Waals surface area contributed by atoms with Gasteiger partial charge < -0.3 is 10.2 Å². The predicted molar refractivity (Wildman–Crippen MR) is 70.6 cm³/mol. The highest BCUT2D eigenvalue weighted by atomic mass is 16.3. The Labute approximate surface area is 110 Å². The number of hydrogen-bond donors (Lipinski definition) is 6. The molecule has 0 bridgehead atoms. The van der Waals surface area contributed by atoms with Crippen molar-refractivity contribution < 1.29 is 10.2 Å². The van der Waals surface area contributed by atoms with Crippen molar-refractivity contribution in [3.05, 3.63) is 45.0 Å². The summed E-state index contributed by atoms with van der Waals surface area (Å²) in [5.41, 5.74) is 0.308. The minimum absolute atomic E-state index is 0.115. The molecule has 0 spiro atoms. The third kappa shape index (κ3) is 1.70. The van der Waals surface area contributed by atoms with E-state index in [0.29, 0.717) is 11.1 Å². The molecule has 2 aromatic heterocycles. The lowest BCUT2D eigenvalue weighted by Crippen LogP contribution is -2.02. The van der Waals surface area contributed by atoms with Gasteiger partial charge in [0.05, 0.1) is 0 Å². The second-order valence-corrected chi connectivity index (χ2v) is 4.18. The maximum atomic E-state index is 11.5. The van der Waals surface area contributed by atoms with E-state index < -0.39 is 11.1 Å². The number of aromatic hydroxyl groups is 2. The number of hydrogen-bond acceptors (Lipinski definition) is 4. The molecule has 0 aliphatic rings. The summed E-state index contributed by atoms with van der Waals surface area (Å²) in [4.78, 5) is 23.0. The van der Waals surface area contributed by atoms with Gasteiger partial charge in [-0.1, -0.05) is 24.3 Å². The Balaban J connectivity index is 2.09. The first-order valence-corrected chi connectivity index (χ1v) is 5.68. The molecule has 0 unspecified atom stereocenters. The molecule has 3 aromatic rings. The van der Waals surface area contributed by atoms with Gasteiger partial charge in [-0.25, -0.2) is 0 Å². The fraction of sp³-hybridized carbons (Fsp3) is 0. The maximum Gasteiger partial charge on any atom is 0.275 e. The smallest absolute Gasteiger partial charge is 0.275 e. The lowest BCUT2D eigenvalue weighted by Gasteiger charge is -2.01. The first kappa shape index (κ1) is 11.9. The van der Waals surface area contributed by atoms with Crippen molar-refractivity contribution in [2.75, 3.05) is 0 Å². The van der Waals surface area contributed by atoms with Crippen LogP contribution in [-0.4, -0.2) is 30.6 Å². The second kappa shape index (κ2) is 4.19. The zero-order valence-corrected chi connectivity index (χ0v) is 10.0. The summed E-state index contributed by atoms with van der Waals surface area (Å²) in [6.45, 7) is 0. The van der Waals surface area contributed by atoms with E-state index >= 15 is 0 Å². The van der Waals surface area contributed by atoms with Crippen LogP contribution in [0.5, 0.6) is 11.8 Å². The molecule has 0 fully saturated rings. The van der Waals surface area contributed by atoms with E-state index in [1.807, 2.05) is 0 Å². The molecular formula is C12H10N4O4. The monoisotopic (exact) mass is 274 g/mol. The van der Waals surface area contributed by atoms with Crippen LogP contribution in [0.4, 0.5) is 0 Å². The van der Waals surface area contributed by atoms with Gasteiger partial charge in [0.2, 0.25) is 11.8 Å². The van der Waals surface area contributed by atoms with Crippen LogP contribution < -0.4 is 11.1 Å². The number of rotatable bonds is 2. The van der Waals surface area contributed by atoms with Crippen LogP contribution in [0, 0.1) is 0 Å². The average Bonchev–Trinajstić information content (AvgIpc) is 2.94. The van der Waals surface area contributed by atoms with Crippen LogP contribution >= 0.6 is 0 Å². The zero-order valence-electron chi connectivity index (χ0n) is 10.0. The molecule has 1 aromatic carbocycles. The minimum Gasteiger partial charge on any atom is -0.493 e. The Morgan fingerprint density at radius 2 is 1.00 bits per heavy atom. The van der Waals surface area contributed by atoms with E-state index in [9.17, 15) is 19.8 Å². The summed E-state index contributed by atoms with van der Waals surface area (Å²) in [6.07, 6.45) is 0. The van der Waals surface area contributed by atoms with Crippen LogP contribution in [0.1, 0.15) is 0 Å². The van der Waals surface area contributed by atoms with Gasteiger partial charge in [-0.3, -0.25) is 30.0 Å². The van der Waals surface area contributed by atoms with E-state index in [2.05, 4.69) is 20.4 Å². The molecular weight excluding hydrogens is 264 g/mol. The molecule has 2 heterocycles. The topological polar surface area (TPSA) is 138 Å². The molecule has 8 heteroatoms. The highest BCUT2D eigenvalue weighted by Crippen LogP contribution is 2.28. The summed E-state index contributed by atoms with van der Waals surface area (Å²) in [7, 11) is 0. The highest BCUT2D eigenvalue weighted by molar-refractivity contribution is 5.73. The van der Waals surface area contributed by atoms with Crippen LogP contribution in [-0.2, 0) is 0 Å². The number of nitrogens with one attached hydrogen (secondary N) is 4. The number of aromatic amines is 4. The lowest BCUT2D eigenvalue weighted by atomic mass is 10.0. The molecule has 0 aliphatic heterocycles. The minimum atomic E-state index is -0.447. The molecule has 0 radical (unpaired) electrons. The Kier molecular flexibility index (Phi) is 2.50. The van der Waals surface area contributed by atoms with Crippen LogP contribution in [0.15, 0.2) is 33.9 Å². The first-order chi connectivity index (χ1) is 9.58. The molecule has 0 saturated heterocycles. The van der Waals surface area contributed by atoms with Crippen molar-refractivity contribution in [1.82, 2.24) is 20.4 Å². The zero-order chi connectivity index (χ0) is 14.3. The summed E-state index contributed by atoms with van der Waals surface area (Å²) in [6, 6.07) is 6.28.